The third kappa shape index (κ3) is 2.62. The summed E-state index contributed by atoms with van der Waals surface area (Å²) in [6.45, 7) is 4.24. The SMILES string of the molecule is CC1(C)CCc2ccc(F)cc2/C1=C\C(=O)NC1CC1. The van der Waals surface area contributed by atoms with Gasteiger partial charge >= 0.3 is 0 Å². The molecule has 0 radical (unpaired) electrons. The molecule has 1 aromatic rings. The standard InChI is InChI=1S/C17H20FNO/c1-17(2)8-7-11-3-4-12(18)9-14(11)15(17)10-16(20)19-13-5-6-13/h3-4,9-10,13H,5-8H2,1-2H3,(H,19,20)/b15-10+. The number of carbonyl (C=O) groups is 1. The molecular weight excluding hydrogens is 253 g/mol. The van der Waals surface area contributed by atoms with Crippen molar-refractivity contribution in [3.8, 4) is 0 Å². The first-order chi connectivity index (χ1) is 9.45. The summed E-state index contributed by atoms with van der Waals surface area (Å²) in [5.41, 5.74) is 2.89. The molecule has 2 nitrogen and oxygen atoms in total. The number of halogens is 1. The first-order valence-corrected chi connectivity index (χ1v) is 7.27. The third-order valence-electron chi connectivity index (χ3n) is 4.31. The van der Waals surface area contributed by atoms with Gasteiger partial charge in [-0.1, -0.05) is 19.9 Å². The minimum atomic E-state index is -0.241. The number of allylic oxidation sites excluding steroid dienone is 1. The van der Waals surface area contributed by atoms with E-state index in [1.165, 1.54) is 6.07 Å². The molecule has 1 fully saturated rings. The molecule has 0 spiro atoms. The molecule has 1 aromatic carbocycles. The summed E-state index contributed by atoms with van der Waals surface area (Å²) >= 11 is 0. The fraction of sp³-hybridized carbons (Fsp3) is 0.471. The second kappa shape index (κ2) is 4.72. The number of carbonyl (C=O) groups excluding carboxylic acids is 1. The van der Waals surface area contributed by atoms with Crippen LogP contribution in [0, 0.1) is 11.2 Å². The molecule has 0 atom stereocenters. The Kier molecular flexibility index (Phi) is 3.15. The lowest BCUT2D eigenvalue weighted by Gasteiger charge is -2.34. The number of benzene rings is 1. The zero-order valence-electron chi connectivity index (χ0n) is 12.0. The summed E-state index contributed by atoms with van der Waals surface area (Å²) in [4.78, 5) is 12.1. The highest BCUT2D eigenvalue weighted by Gasteiger charge is 2.32. The Bertz CT molecular complexity index is 585. The molecule has 2 aliphatic carbocycles. The topological polar surface area (TPSA) is 29.1 Å². The number of amides is 1. The van der Waals surface area contributed by atoms with Crippen molar-refractivity contribution in [2.45, 2.75) is 45.6 Å². The quantitative estimate of drug-likeness (QED) is 0.821. The van der Waals surface area contributed by atoms with Gasteiger partial charge in [0.15, 0.2) is 0 Å². The van der Waals surface area contributed by atoms with Crippen LogP contribution in [0.2, 0.25) is 0 Å². The van der Waals surface area contributed by atoms with Gasteiger partial charge in [0, 0.05) is 12.1 Å². The first-order valence-electron chi connectivity index (χ1n) is 7.27. The summed E-state index contributed by atoms with van der Waals surface area (Å²) in [5, 5.41) is 2.98. The lowest BCUT2D eigenvalue weighted by molar-refractivity contribution is -0.116. The molecule has 2 aliphatic rings. The van der Waals surface area contributed by atoms with Crippen molar-refractivity contribution in [2.24, 2.45) is 5.41 Å². The molecule has 1 saturated carbocycles. The molecule has 3 heteroatoms. The largest absolute Gasteiger partial charge is 0.350 e. The van der Waals surface area contributed by atoms with Crippen molar-refractivity contribution in [1.82, 2.24) is 5.32 Å². The van der Waals surface area contributed by atoms with E-state index >= 15 is 0 Å². The molecule has 1 N–H and O–H groups in total. The van der Waals surface area contributed by atoms with Crippen molar-refractivity contribution < 1.29 is 9.18 Å². The van der Waals surface area contributed by atoms with Crippen molar-refractivity contribution in [1.29, 1.82) is 0 Å². The van der Waals surface area contributed by atoms with Crippen LogP contribution in [0.1, 0.15) is 44.2 Å². The van der Waals surface area contributed by atoms with E-state index in [0.717, 1.165) is 42.4 Å². The molecule has 0 heterocycles. The van der Waals surface area contributed by atoms with Gasteiger partial charge in [-0.3, -0.25) is 4.79 Å². The molecule has 0 saturated heterocycles. The maximum absolute atomic E-state index is 13.5. The summed E-state index contributed by atoms with van der Waals surface area (Å²) in [7, 11) is 0. The minimum absolute atomic E-state index is 0.0484. The van der Waals surface area contributed by atoms with Crippen molar-refractivity contribution in [3.63, 3.8) is 0 Å². The van der Waals surface area contributed by atoms with Crippen LogP contribution in [-0.2, 0) is 11.2 Å². The van der Waals surface area contributed by atoms with Crippen molar-refractivity contribution in [3.05, 3.63) is 41.2 Å². The lowest BCUT2D eigenvalue weighted by Crippen LogP contribution is -2.27. The van der Waals surface area contributed by atoms with Gasteiger partial charge in [0.05, 0.1) is 0 Å². The van der Waals surface area contributed by atoms with Crippen LogP contribution in [0.4, 0.5) is 4.39 Å². The summed E-state index contributed by atoms with van der Waals surface area (Å²) in [6.07, 6.45) is 5.74. The molecule has 20 heavy (non-hydrogen) atoms. The van der Waals surface area contributed by atoms with Gasteiger partial charge in [-0.15, -0.1) is 0 Å². The fourth-order valence-corrected chi connectivity index (χ4v) is 2.84. The van der Waals surface area contributed by atoms with Crippen LogP contribution in [0.25, 0.3) is 5.57 Å². The smallest absolute Gasteiger partial charge is 0.244 e. The van der Waals surface area contributed by atoms with E-state index in [1.807, 2.05) is 6.07 Å². The predicted molar refractivity (Wildman–Crippen MR) is 77.6 cm³/mol. The van der Waals surface area contributed by atoms with Gasteiger partial charge in [-0.2, -0.15) is 0 Å². The minimum Gasteiger partial charge on any atom is -0.350 e. The van der Waals surface area contributed by atoms with E-state index in [2.05, 4.69) is 19.2 Å². The number of hydrogen-bond acceptors (Lipinski definition) is 1. The molecule has 0 unspecified atom stereocenters. The zero-order valence-corrected chi connectivity index (χ0v) is 12.0. The zero-order chi connectivity index (χ0) is 14.3. The molecule has 3 rings (SSSR count). The average molecular weight is 273 g/mol. The van der Waals surface area contributed by atoms with Crippen molar-refractivity contribution in [2.75, 3.05) is 0 Å². The van der Waals surface area contributed by atoms with Crippen LogP contribution in [0.15, 0.2) is 24.3 Å². The number of aryl methyl sites for hydroxylation is 1. The van der Waals surface area contributed by atoms with E-state index in [-0.39, 0.29) is 17.1 Å². The Balaban J connectivity index is 1.99. The van der Waals surface area contributed by atoms with Gasteiger partial charge in [0.1, 0.15) is 5.82 Å². The number of nitrogens with one attached hydrogen (secondary N) is 1. The van der Waals surface area contributed by atoms with E-state index in [4.69, 9.17) is 0 Å². The molecule has 106 valence electrons. The second-order valence-electron chi connectivity index (χ2n) is 6.53. The van der Waals surface area contributed by atoms with Crippen LogP contribution < -0.4 is 5.32 Å². The summed E-state index contributed by atoms with van der Waals surface area (Å²) in [6, 6.07) is 5.25. The lowest BCUT2D eigenvalue weighted by atomic mass is 9.70. The highest BCUT2D eigenvalue weighted by atomic mass is 19.1. The van der Waals surface area contributed by atoms with Crippen LogP contribution in [-0.4, -0.2) is 11.9 Å². The summed E-state index contributed by atoms with van der Waals surface area (Å²) < 4.78 is 13.5. The molecule has 0 aliphatic heterocycles. The van der Waals surface area contributed by atoms with E-state index < -0.39 is 0 Å². The van der Waals surface area contributed by atoms with Gasteiger partial charge in [0.25, 0.3) is 0 Å². The average Bonchev–Trinajstić information content (AvgIpc) is 3.17. The molecule has 0 aromatic heterocycles. The second-order valence-corrected chi connectivity index (χ2v) is 6.53. The van der Waals surface area contributed by atoms with Crippen LogP contribution in [0.3, 0.4) is 0 Å². The van der Waals surface area contributed by atoms with Crippen LogP contribution >= 0.6 is 0 Å². The third-order valence-corrected chi connectivity index (χ3v) is 4.31. The van der Waals surface area contributed by atoms with Gasteiger partial charge in [-0.25, -0.2) is 4.39 Å². The highest BCUT2D eigenvalue weighted by Crippen LogP contribution is 2.44. The Labute approximate surface area is 119 Å². The number of hydrogen-bond donors (Lipinski definition) is 1. The van der Waals surface area contributed by atoms with Crippen molar-refractivity contribution >= 4 is 11.5 Å². The van der Waals surface area contributed by atoms with Gasteiger partial charge < -0.3 is 5.32 Å². The molecule has 0 bridgehead atoms. The monoisotopic (exact) mass is 273 g/mol. The maximum atomic E-state index is 13.5. The number of rotatable bonds is 2. The van der Waals surface area contributed by atoms with E-state index in [9.17, 15) is 9.18 Å². The Morgan fingerprint density at radius 3 is 2.85 bits per heavy atom. The molecule has 1 amide bonds. The Morgan fingerprint density at radius 2 is 2.15 bits per heavy atom. The summed E-state index contributed by atoms with van der Waals surface area (Å²) in [5.74, 6) is -0.289. The van der Waals surface area contributed by atoms with Gasteiger partial charge in [-0.05, 0) is 59.9 Å². The predicted octanol–water partition coefficient (Wildman–Crippen LogP) is 3.46. The Morgan fingerprint density at radius 1 is 1.40 bits per heavy atom. The van der Waals surface area contributed by atoms with Gasteiger partial charge in [0.2, 0.25) is 5.91 Å². The van der Waals surface area contributed by atoms with E-state index in [0.29, 0.717) is 6.04 Å². The highest BCUT2D eigenvalue weighted by molar-refractivity contribution is 5.97. The first kappa shape index (κ1) is 13.3. The number of fused-ring (bicyclic) bond motifs is 1. The molecular formula is C17H20FNO. The van der Waals surface area contributed by atoms with Crippen LogP contribution in [0.5, 0.6) is 0 Å². The van der Waals surface area contributed by atoms with E-state index in [1.54, 1.807) is 12.1 Å². The Hall–Kier alpha value is -1.64. The normalized spacial score (nSPS) is 22.4. The fourth-order valence-electron chi connectivity index (χ4n) is 2.84. The maximum Gasteiger partial charge on any atom is 0.244 e.